The van der Waals surface area contributed by atoms with Crippen molar-refractivity contribution in [3.63, 3.8) is 0 Å². The lowest BCUT2D eigenvalue weighted by Crippen LogP contribution is -2.46. The molecule has 0 amide bonds. The van der Waals surface area contributed by atoms with Gasteiger partial charge in [0.25, 0.3) is 0 Å². The second-order valence-electron chi connectivity index (χ2n) is 7.38. The number of hydrogen-bond donors (Lipinski definition) is 0. The molecule has 2 fully saturated rings. The summed E-state index contributed by atoms with van der Waals surface area (Å²) in [5.41, 5.74) is 1.39. The maximum Gasteiger partial charge on any atom is 0.0662 e. The van der Waals surface area contributed by atoms with Gasteiger partial charge >= 0.3 is 0 Å². The number of aromatic nitrogens is 2. The molecular weight excluding hydrogens is 288 g/mol. The molecule has 1 atom stereocenters. The van der Waals surface area contributed by atoms with E-state index in [0.29, 0.717) is 12.1 Å². The van der Waals surface area contributed by atoms with E-state index < -0.39 is 0 Å². The van der Waals surface area contributed by atoms with Gasteiger partial charge < -0.3 is 9.64 Å². The summed E-state index contributed by atoms with van der Waals surface area (Å²) >= 11 is 0. The molecule has 128 valence electrons. The van der Waals surface area contributed by atoms with Crippen LogP contribution in [0.2, 0.25) is 0 Å². The molecular formula is C18H30N4O. The highest BCUT2D eigenvalue weighted by Crippen LogP contribution is 2.28. The largest absolute Gasteiger partial charge is 0.381 e. The van der Waals surface area contributed by atoms with Gasteiger partial charge in [-0.1, -0.05) is 6.42 Å². The van der Waals surface area contributed by atoms with Crippen molar-refractivity contribution in [2.75, 3.05) is 39.4 Å². The van der Waals surface area contributed by atoms with E-state index in [1.807, 2.05) is 6.20 Å². The highest BCUT2D eigenvalue weighted by molar-refractivity contribution is 5.06. The Morgan fingerprint density at radius 1 is 1.13 bits per heavy atom. The van der Waals surface area contributed by atoms with Crippen LogP contribution in [0.5, 0.6) is 0 Å². The second-order valence-corrected chi connectivity index (χ2v) is 7.38. The fraction of sp³-hybridized carbons (Fsp3) is 0.833. The Labute approximate surface area is 139 Å². The normalized spacial score (nSPS) is 27.9. The van der Waals surface area contributed by atoms with Crippen molar-refractivity contribution in [2.24, 2.45) is 0 Å². The van der Waals surface area contributed by atoms with Gasteiger partial charge in [-0.2, -0.15) is 5.10 Å². The Bertz CT molecular complexity index is 491. The molecule has 0 aliphatic carbocycles. The Hall–Kier alpha value is -0.910. The van der Waals surface area contributed by atoms with Crippen molar-refractivity contribution in [3.05, 3.63) is 18.0 Å². The molecule has 23 heavy (non-hydrogen) atoms. The van der Waals surface area contributed by atoms with Gasteiger partial charge in [0.1, 0.15) is 0 Å². The molecule has 1 unspecified atom stereocenters. The van der Waals surface area contributed by atoms with Crippen molar-refractivity contribution in [1.29, 1.82) is 0 Å². The molecule has 2 saturated heterocycles. The molecule has 0 saturated carbocycles. The molecule has 4 heterocycles. The Kier molecular flexibility index (Phi) is 4.97. The number of piperidine rings is 1. The third kappa shape index (κ3) is 3.62. The quantitative estimate of drug-likeness (QED) is 0.853. The van der Waals surface area contributed by atoms with Crippen LogP contribution in [0.25, 0.3) is 0 Å². The zero-order valence-corrected chi connectivity index (χ0v) is 14.2. The van der Waals surface area contributed by atoms with E-state index in [1.165, 1.54) is 63.9 Å². The molecule has 1 aromatic rings. The maximum atomic E-state index is 5.55. The number of ether oxygens (including phenoxy) is 1. The second kappa shape index (κ2) is 7.32. The molecule has 0 N–H and O–H groups in total. The van der Waals surface area contributed by atoms with Gasteiger partial charge in [-0.15, -0.1) is 0 Å². The van der Waals surface area contributed by atoms with Crippen molar-refractivity contribution in [1.82, 2.24) is 19.6 Å². The predicted octanol–water partition coefficient (Wildman–Crippen LogP) is 2.29. The van der Waals surface area contributed by atoms with Crippen molar-refractivity contribution >= 4 is 0 Å². The number of rotatable bonds is 4. The zero-order chi connectivity index (χ0) is 15.5. The molecule has 0 aromatic carbocycles. The van der Waals surface area contributed by atoms with Crippen molar-refractivity contribution in [3.8, 4) is 0 Å². The lowest BCUT2D eigenvalue weighted by molar-refractivity contribution is 0.0147. The van der Waals surface area contributed by atoms with Crippen LogP contribution in [-0.2, 0) is 11.3 Å². The molecule has 3 aliphatic heterocycles. The summed E-state index contributed by atoms with van der Waals surface area (Å²) in [5, 5.41) is 4.63. The first kappa shape index (κ1) is 15.6. The summed E-state index contributed by atoms with van der Waals surface area (Å²) in [6.45, 7) is 7.89. The van der Waals surface area contributed by atoms with E-state index in [0.717, 1.165) is 26.3 Å². The van der Waals surface area contributed by atoms with Gasteiger partial charge in [-0.3, -0.25) is 9.58 Å². The minimum atomic E-state index is 0.540. The van der Waals surface area contributed by atoms with Gasteiger partial charge in [0.15, 0.2) is 0 Å². The summed E-state index contributed by atoms with van der Waals surface area (Å²) in [4.78, 5) is 5.35. The smallest absolute Gasteiger partial charge is 0.0662 e. The van der Waals surface area contributed by atoms with Crippen molar-refractivity contribution < 1.29 is 4.74 Å². The number of likely N-dealkylation sites (tertiary alicyclic amines) is 1. The fourth-order valence-corrected chi connectivity index (χ4v) is 4.47. The molecule has 4 rings (SSSR count). The average Bonchev–Trinajstić information content (AvgIpc) is 3.10. The highest BCUT2D eigenvalue weighted by Gasteiger charge is 2.31. The summed E-state index contributed by atoms with van der Waals surface area (Å²) in [7, 11) is 0. The molecule has 0 spiro atoms. The molecule has 5 heteroatoms. The minimum Gasteiger partial charge on any atom is -0.381 e. The third-order valence-electron chi connectivity index (χ3n) is 5.84. The van der Waals surface area contributed by atoms with Crippen LogP contribution < -0.4 is 0 Å². The molecule has 0 bridgehead atoms. The topological polar surface area (TPSA) is 33.5 Å². The first-order valence-corrected chi connectivity index (χ1v) is 9.47. The van der Waals surface area contributed by atoms with Crippen molar-refractivity contribution in [2.45, 2.75) is 57.2 Å². The van der Waals surface area contributed by atoms with Crippen LogP contribution in [-0.4, -0.2) is 65.0 Å². The van der Waals surface area contributed by atoms with Crippen LogP contribution in [0.1, 0.15) is 50.3 Å². The Balaban J connectivity index is 1.40. The highest BCUT2D eigenvalue weighted by atomic mass is 16.5. The SMILES string of the molecule is c1cc2n(n1)C(CCN1CCCCC1)CN(C1CCOCC1)C2. The van der Waals surface area contributed by atoms with E-state index in [4.69, 9.17) is 4.74 Å². The number of fused-ring (bicyclic) bond motifs is 1. The summed E-state index contributed by atoms with van der Waals surface area (Å²) < 4.78 is 7.85. The van der Waals surface area contributed by atoms with Gasteiger partial charge in [0, 0.05) is 45.1 Å². The summed E-state index contributed by atoms with van der Waals surface area (Å²) in [6.07, 6.45) is 9.77. The van der Waals surface area contributed by atoms with E-state index in [9.17, 15) is 0 Å². The Morgan fingerprint density at radius 2 is 1.96 bits per heavy atom. The van der Waals surface area contributed by atoms with Crippen LogP contribution in [0.4, 0.5) is 0 Å². The first-order chi connectivity index (χ1) is 11.4. The zero-order valence-electron chi connectivity index (χ0n) is 14.2. The van der Waals surface area contributed by atoms with Crippen LogP contribution in [0.3, 0.4) is 0 Å². The van der Waals surface area contributed by atoms with E-state index in [-0.39, 0.29) is 0 Å². The van der Waals surface area contributed by atoms with Gasteiger partial charge in [0.2, 0.25) is 0 Å². The van der Waals surface area contributed by atoms with Crippen LogP contribution >= 0.6 is 0 Å². The fourth-order valence-electron chi connectivity index (χ4n) is 4.47. The summed E-state index contributed by atoms with van der Waals surface area (Å²) in [5.74, 6) is 0. The van der Waals surface area contributed by atoms with Gasteiger partial charge in [-0.05, 0) is 51.3 Å². The predicted molar refractivity (Wildman–Crippen MR) is 90.4 cm³/mol. The average molecular weight is 318 g/mol. The lowest BCUT2D eigenvalue weighted by Gasteiger charge is -2.41. The van der Waals surface area contributed by atoms with E-state index >= 15 is 0 Å². The van der Waals surface area contributed by atoms with E-state index in [1.54, 1.807) is 0 Å². The van der Waals surface area contributed by atoms with E-state index in [2.05, 4.69) is 25.6 Å². The monoisotopic (exact) mass is 318 g/mol. The number of hydrogen-bond acceptors (Lipinski definition) is 4. The first-order valence-electron chi connectivity index (χ1n) is 9.47. The standard InChI is InChI=1S/C18H30N4O/c1-2-9-20(10-3-1)11-5-18-15-21(16-6-12-23-13-7-16)14-17-4-8-19-22(17)18/h4,8,16,18H,1-3,5-7,9-15H2. The molecule has 0 radical (unpaired) electrons. The third-order valence-corrected chi connectivity index (χ3v) is 5.84. The molecule has 5 nitrogen and oxygen atoms in total. The van der Waals surface area contributed by atoms with Gasteiger partial charge in [-0.25, -0.2) is 0 Å². The lowest BCUT2D eigenvalue weighted by atomic mass is 10.0. The maximum absolute atomic E-state index is 5.55. The molecule has 3 aliphatic rings. The van der Waals surface area contributed by atoms with Crippen LogP contribution in [0.15, 0.2) is 12.3 Å². The minimum absolute atomic E-state index is 0.540. The van der Waals surface area contributed by atoms with Gasteiger partial charge in [0.05, 0.1) is 11.7 Å². The molecule has 1 aromatic heterocycles. The number of nitrogens with zero attached hydrogens (tertiary/aromatic N) is 4. The van der Waals surface area contributed by atoms with Crippen LogP contribution in [0, 0.1) is 0 Å². The summed E-state index contributed by atoms with van der Waals surface area (Å²) in [6, 6.07) is 3.45. The Morgan fingerprint density at radius 3 is 2.78 bits per heavy atom.